The maximum Gasteiger partial charge on any atom is 0.472 e. The Labute approximate surface area is 366 Å². The van der Waals surface area contributed by atoms with Gasteiger partial charge >= 0.3 is 19.8 Å². The molecule has 0 aliphatic carbocycles. The van der Waals surface area contributed by atoms with Crippen LogP contribution in [0.25, 0.3) is 0 Å². The van der Waals surface area contributed by atoms with Crippen LogP contribution in [0, 0.1) is 0 Å². The molecule has 10 nitrogen and oxygen atoms in total. The van der Waals surface area contributed by atoms with E-state index in [-0.39, 0.29) is 39.2 Å². The fraction of sp³-hybridized carbons (Fsp3) is 0.755. The molecular formula is C49H88NO9P. The van der Waals surface area contributed by atoms with E-state index in [0.717, 1.165) is 64.2 Å². The van der Waals surface area contributed by atoms with Crippen LogP contribution in [0.15, 0.2) is 60.8 Å². The zero-order valence-electron chi connectivity index (χ0n) is 37.9. The molecule has 2 atom stereocenters. The summed E-state index contributed by atoms with van der Waals surface area (Å²) < 4.78 is 32.8. The number of carbonyl (C=O) groups excluding carboxylic acids is 2. The molecule has 0 fully saturated rings. The highest BCUT2D eigenvalue weighted by atomic mass is 31.2. The van der Waals surface area contributed by atoms with E-state index in [0.29, 0.717) is 12.8 Å². The Morgan fingerprint density at radius 2 is 0.950 bits per heavy atom. The van der Waals surface area contributed by atoms with Crippen LogP contribution in [0.5, 0.6) is 0 Å². The number of rotatable bonds is 45. The van der Waals surface area contributed by atoms with Crippen molar-refractivity contribution < 1.29 is 42.7 Å². The Morgan fingerprint density at radius 1 is 0.533 bits per heavy atom. The first-order valence-corrected chi connectivity index (χ1v) is 25.4. The van der Waals surface area contributed by atoms with Crippen molar-refractivity contribution in [2.24, 2.45) is 5.73 Å². The number of allylic oxidation sites excluding steroid dienone is 10. The molecule has 0 aliphatic heterocycles. The third-order valence-corrected chi connectivity index (χ3v) is 10.9. The van der Waals surface area contributed by atoms with Crippen LogP contribution in [-0.2, 0) is 32.7 Å². The van der Waals surface area contributed by atoms with Gasteiger partial charge in [0.25, 0.3) is 0 Å². The highest BCUT2D eigenvalue weighted by molar-refractivity contribution is 7.47. The molecule has 0 aromatic rings. The average molecular weight is 866 g/mol. The smallest absolute Gasteiger partial charge is 0.462 e. The predicted octanol–water partition coefficient (Wildman–Crippen LogP) is 13.0. The van der Waals surface area contributed by atoms with E-state index in [1.807, 2.05) is 6.08 Å². The molecule has 0 rings (SSSR count). The molecule has 4 N–H and O–H groups in total. The SMILES string of the molecule is CCCCCCCC/C=C\CCCCCCCCCCCCCC(=O)OC[C@H](COP(=O)(O)OCCN)OC(=O)CCC/C=C\C/C=C\C/C=C\C/C=C\CCCCCO. The van der Waals surface area contributed by atoms with E-state index >= 15 is 0 Å². The van der Waals surface area contributed by atoms with E-state index in [1.54, 1.807) is 0 Å². The zero-order chi connectivity index (χ0) is 43.9. The van der Waals surface area contributed by atoms with E-state index in [4.69, 9.17) is 29.4 Å². The van der Waals surface area contributed by atoms with Gasteiger partial charge in [0.15, 0.2) is 6.10 Å². The van der Waals surface area contributed by atoms with E-state index < -0.39 is 32.5 Å². The number of hydrogen-bond donors (Lipinski definition) is 3. The third kappa shape index (κ3) is 45.2. The zero-order valence-corrected chi connectivity index (χ0v) is 38.8. The lowest BCUT2D eigenvalue weighted by atomic mass is 10.0. The second kappa shape index (κ2) is 46.2. The maximum atomic E-state index is 12.6. The van der Waals surface area contributed by atoms with E-state index in [9.17, 15) is 19.0 Å². The molecule has 0 heterocycles. The number of phosphoric ester groups is 1. The number of aliphatic hydroxyl groups is 1. The van der Waals surface area contributed by atoms with Crippen LogP contribution in [0.3, 0.4) is 0 Å². The van der Waals surface area contributed by atoms with Crippen LogP contribution in [0.4, 0.5) is 0 Å². The summed E-state index contributed by atoms with van der Waals surface area (Å²) in [4.78, 5) is 34.9. The highest BCUT2D eigenvalue weighted by Crippen LogP contribution is 2.43. The summed E-state index contributed by atoms with van der Waals surface area (Å²) in [5.41, 5.74) is 5.35. The summed E-state index contributed by atoms with van der Waals surface area (Å²) in [7, 11) is -4.40. The summed E-state index contributed by atoms with van der Waals surface area (Å²) >= 11 is 0. The average Bonchev–Trinajstić information content (AvgIpc) is 3.24. The number of nitrogens with two attached hydrogens (primary N) is 1. The lowest BCUT2D eigenvalue weighted by Gasteiger charge is -2.19. The van der Waals surface area contributed by atoms with Crippen molar-refractivity contribution in [1.29, 1.82) is 0 Å². The summed E-state index contributed by atoms with van der Waals surface area (Å²) in [5.74, 6) is -0.908. The van der Waals surface area contributed by atoms with Crippen LogP contribution < -0.4 is 5.73 Å². The quantitative estimate of drug-likeness (QED) is 0.0233. The summed E-state index contributed by atoms with van der Waals surface area (Å²) in [5, 5.41) is 8.80. The van der Waals surface area contributed by atoms with Crippen molar-refractivity contribution in [3.8, 4) is 0 Å². The van der Waals surface area contributed by atoms with Gasteiger partial charge in [-0.15, -0.1) is 0 Å². The minimum Gasteiger partial charge on any atom is -0.462 e. The number of carbonyl (C=O) groups is 2. The van der Waals surface area contributed by atoms with Crippen molar-refractivity contribution in [2.45, 2.75) is 206 Å². The van der Waals surface area contributed by atoms with Crippen LogP contribution in [0.1, 0.15) is 200 Å². The number of aliphatic hydroxyl groups excluding tert-OH is 1. The van der Waals surface area contributed by atoms with Crippen molar-refractivity contribution in [3.63, 3.8) is 0 Å². The number of unbranched alkanes of at least 4 members (excludes halogenated alkanes) is 21. The largest absolute Gasteiger partial charge is 0.472 e. The third-order valence-electron chi connectivity index (χ3n) is 9.93. The molecule has 60 heavy (non-hydrogen) atoms. The van der Waals surface area contributed by atoms with Gasteiger partial charge in [0, 0.05) is 26.0 Å². The van der Waals surface area contributed by atoms with Crippen molar-refractivity contribution in [1.82, 2.24) is 0 Å². The van der Waals surface area contributed by atoms with Crippen molar-refractivity contribution in [3.05, 3.63) is 60.8 Å². The number of ether oxygens (including phenoxy) is 2. The van der Waals surface area contributed by atoms with E-state index in [2.05, 4.69) is 61.6 Å². The number of hydrogen-bond acceptors (Lipinski definition) is 9. The van der Waals surface area contributed by atoms with Crippen LogP contribution in [-0.4, -0.2) is 61.0 Å². The van der Waals surface area contributed by atoms with Gasteiger partial charge < -0.3 is 25.2 Å². The van der Waals surface area contributed by atoms with Gasteiger partial charge in [0.2, 0.25) is 0 Å². The molecule has 348 valence electrons. The standard InChI is InChI=1S/C49H88NO9P/c1-2-3-4-5-6-7-8-9-10-11-12-13-14-16-19-22-25-28-31-34-37-40-48(52)56-45-47(46-58-60(54,55)57-44-42-50)59-49(53)41-38-35-32-29-26-23-20-17-15-18-21-24-27-30-33-36-39-43-51/h9-10,15,18,20,23-24,27,29,32,47,51H,2-8,11-14,16-17,19,21-22,25-26,28,30-31,33-46,50H2,1H3,(H,54,55)/b10-9-,18-15-,23-20-,27-24-,32-29-/t47-/m1/s1. The second-order valence-corrected chi connectivity index (χ2v) is 17.1. The lowest BCUT2D eigenvalue weighted by Crippen LogP contribution is -2.29. The molecule has 0 saturated carbocycles. The topological polar surface area (TPSA) is 155 Å². The van der Waals surface area contributed by atoms with Crippen molar-refractivity contribution in [2.75, 3.05) is 33.0 Å². The number of esters is 2. The van der Waals surface area contributed by atoms with Gasteiger partial charge in [0.05, 0.1) is 13.2 Å². The van der Waals surface area contributed by atoms with Gasteiger partial charge in [-0.05, 0) is 83.5 Å². The fourth-order valence-corrected chi connectivity index (χ4v) is 7.13. The Morgan fingerprint density at radius 3 is 1.45 bits per heavy atom. The number of phosphoric acid groups is 1. The molecule has 0 amide bonds. The van der Waals surface area contributed by atoms with Gasteiger partial charge in [-0.2, -0.15) is 0 Å². The molecule has 0 bridgehead atoms. The van der Waals surface area contributed by atoms with Crippen molar-refractivity contribution >= 4 is 19.8 Å². The fourth-order valence-electron chi connectivity index (χ4n) is 6.37. The molecule has 11 heteroatoms. The molecule has 1 unspecified atom stereocenters. The summed E-state index contributed by atoms with van der Waals surface area (Å²) in [6, 6.07) is 0. The summed E-state index contributed by atoms with van der Waals surface area (Å²) in [6.07, 6.45) is 52.7. The first kappa shape index (κ1) is 57.7. The van der Waals surface area contributed by atoms with Gasteiger partial charge in [-0.25, -0.2) is 4.57 Å². The molecule has 0 spiro atoms. The van der Waals surface area contributed by atoms with Gasteiger partial charge in [0.1, 0.15) is 6.61 Å². The first-order valence-electron chi connectivity index (χ1n) is 23.9. The second-order valence-electron chi connectivity index (χ2n) is 15.7. The Bertz CT molecular complexity index is 1170. The maximum absolute atomic E-state index is 12.6. The molecule has 0 saturated heterocycles. The monoisotopic (exact) mass is 866 g/mol. The summed E-state index contributed by atoms with van der Waals surface area (Å²) in [6.45, 7) is 1.67. The van der Waals surface area contributed by atoms with E-state index in [1.165, 1.54) is 103 Å². The molecule has 0 radical (unpaired) electrons. The normalized spacial score (nSPS) is 13.7. The lowest BCUT2D eigenvalue weighted by molar-refractivity contribution is -0.161. The predicted molar refractivity (Wildman–Crippen MR) is 249 cm³/mol. The Hall–Kier alpha value is -2.33. The molecule has 0 aromatic carbocycles. The van der Waals surface area contributed by atoms with Crippen LogP contribution >= 0.6 is 7.82 Å². The van der Waals surface area contributed by atoms with Crippen LogP contribution in [0.2, 0.25) is 0 Å². The van der Waals surface area contributed by atoms with Gasteiger partial charge in [-0.1, -0.05) is 164 Å². The molecular weight excluding hydrogens is 778 g/mol. The minimum atomic E-state index is -4.40. The minimum absolute atomic E-state index is 0.0382. The molecule has 0 aliphatic rings. The van der Waals surface area contributed by atoms with Gasteiger partial charge in [-0.3, -0.25) is 18.6 Å². The first-order chi connectivity index (χ1) is 29.3. The Balaban J connectivity index is 4.16. The molecule has 0 aromatic heterocycles. The Kier molecular flexibility index (Phi) is 44.4. The highest BCUT2D eigenvalue weighted by Gasteiger charge is 2.26.